The molecule has 1 saturated heterocycles. The van der Waals surface area contributed by atoms with E-state index >= 15 is 0 Å². The van der Waals surface area contributed by atoms with Crippen molar-refractivity contribution in [3.8, 4) is 0 Å². The lowest BCUT2D eigenvalue weighted by Gasteiger charge is -2.27. The zero-order valence-electron chi connectivity index (χ0n) is 11.0. The van der Waals surface area contributed by atoms with Crippen molar-refractivity contribution in [2.75, 3.05) is 26.0 Å². The van der Waals surface area contributed by atoms with Gasteiger partial charge in [0.2, 0.25) is 0 Å². The molecule has 1 aliphatic heterocycles. The fourth-order valence-electron chi connectivity index (χ4n) is 2.05. The molecular formula is C13H27NOS. The summed E-state index contributed by atoms with van der Waals surface area (Å²) in [5.41, 5.74) is 0. The van der Waals surface area contributed by atoms with Crippen LogP contribution in [0, 0.1) is 5.92 Å². The third kappa shape index (κ3) is 5.55. The zero-order chi connectivity index (χ0) is 11.8. The van der Waals surface area contributed by atoms with Crippen molar-refractivity contribution < 1.29 is 4.74 Å². The van der Waals surface area contributed by atoms with Crippen molar-refractivity contribution in [2.24, 2.45) is 5.92 Å². The van der Waals surface area contributed by atoms with E-state index in [2.05, 4.69) is 38.0 Å². The molecule has 2 nitrogen and oxygen atoms in total. The molecule has 0 aromatic carbocycles. The van der Waals surface area contributed by atoms with Crippen LogP contribution in [0.15, 0.2) is 0 Å². The fraction of sp³-hybridized carbons (Fsp3) is 1.00. The summed E-state index contributed by atoms with van der Waals surface area (Å²) in [6.45, 7) is 6.54. The molecule has 2 unspecified atom stereocenters. The summed E-state index contributed by atoms with van der Waals surface area (Å²) < 4.78 is 5.40. The number of ether oxygens (including phenoxy) is 1. The minimum absolute atomic E-state index is 0.682. The van der Waals surface area contributed by atoms with Gasteiger partial charge < -0.3 is 10.1 Å². The SMILES string of the molecule is CCC(C)SCC(CC1CCOCC1)NC. The molecule has 16 heavy (non-hydrogen) atoms. The van der Waals surface area contributed by atoms with E-state index in [4.69, 9.17) is 4.74 Å². The lowest BCUT2D eigenvalue weighted by molar-refractivity contribution is 0.0616. The second kappa shape index (κ2) is 8.37. The van der Waals surface area contributed by atoms with Gasteiger partial charge in [0.25, 0.3) is 0 Å². The Labute approximate surface area is 105 Å². The molecule has 0 aliphatic carbocycles. The maximum Gasteiger partial charge on any atom is 0.0468 e. The predicted molar refractivity (Wildman–Crippen MR) is 73.2 cm³/mol. The third-order valence-corrected chi connectivity index (χ3v) is 5.02. The molecule has 1 fully saturated rings. The molecule has 0 aromatic rings. The van der Waals surface area contributed by atoms with E-state index < -0.39 is 0 Å². The molecule has 96 valence electrons. The number of rotatable bonds is 7. The van der Waals surface area contributed by atoms with Crippen LogP contribution in [0.4, 0.5) is 0 Å². The molecule has 0 bridgehead atoms. The molecule has 1 aliphatic rings. The monoisotopic (exact) mass is 245 g/mol. The molecule has 1 heterocycles. The molecule has 0 saturated carbocycles. The van der Waals surface area contributed by atoms with Crippen LogP contribution < -0.4 is 5.32 Å². The number of hydrogen-bond acceptors (Lipinski definition) is 3. The van der Waals surface area contributed by atoms with Crippen LogP contribution in [0.25, 0.3) is 0 Å². The molecule has 0 aromatic heterocycles. The highest BCUT2D eigenvalue weighted by Crippen LogP contribution is 2.23. The van der Waals surface area contributed by atoms with E-state index in [1.807, 2.05) is 0 Å². The van der Waals surface area contributed by atoms with E-state index in [9.17, 15) is 0 Å². The van der Waals surface area contributed by atoms with Crippen LogP contribution in [0.1, 0.15) is 39.5 Å². The average Bonchev–Trinajstić information content (AvgIpc) is 2.35. The topological polar surface area (TPSA) is 21.3 Å². The Morgan fingerprint density at radius 3 is 2.62 bits per heavy atom. The fourth-order valence-corrected chi connectivity index (χ4v) is 3.15. The number of thioether (sulfide) groups is 1. The summed E-state index contributed by atoms with van der Waals surface area (Å²) in [7, 11) is 2.10. The number of nitrogens with one attached hydrogen (secondary N) is 1. The van der Waals surface area contributed by atoms with E-state index in [1.165, 1.54) is 31.4 Å². The van der Waals surface area contributed by atoms with Crippen LogP contribution in [0.2, 0.25) is 0 Å². The Morgan fingerprint density at radius 1 is 1.38 bits per heavy atom. The smallest absolute Gasteiger partial charge is 0.0468 e. The largest absolute Gasteiger partial charge is 0.381 e. The maximum absolute atomic E-state index is 5.40. The van der Waals surface area contributed by atoms with Crippen LogP contribution in [0.5, 0.6) is 0 Å². The summed E-state index contributed by atoms with van der Waals surface area (Å²) in [5.74, 6) is 2.13. The highest BCUT2D eigenvalue weighted by atomic mass is 32.2. The quantitative estimate of drug-likeness (QED) is 0.745. The standard InChI is InChI=1S/C13H27NOS/c1-4-11(2)16-10-13(14-3)9-12-5-7-15-8-6-12/h11-14H,4-10H2,1-3H3. The first-order valence-corrected chi connectivity index (χ1v) is 7.67. The van der Waals surface area contributed by atoms with Crippen LogP contribution >= 0.6 is 11.8 Å². The molecule has 1 N–H and O–H groups in total. The van der Waals surface area contributed by atoms with Crippen molar-refractivity contribution in [3.63, 3.8) is 0 Å². The van der Waals surface area contributed by atoms with Gasteiger partial charge in [-0.3, -0.25) is 0 Å². The van der Waals surface area contributed by atoms with Gasteiger partial charge in [0.1, 0.15) is 0 Å². The molecule has 0 amide bonds. The van der Waals surface area contributed by atoms with Crippen molar-refractivity contribution in [2.45, 2.75) is 50.8 Å². The summed E-state index contributed by atoms with van der Waals surface area (Å²) >= 11 is 2.10. The van der Waals surface area contributed by atoms with Gasteiger partial charge in [0, 0.05) is 30.3 Å². The highest BCUT2D eigenvalue weighted by Gasteiger charge is 2.18. The first kappa shape index (κ1) is 14.3. The van der Waals surface area contributed by atoms with E-state index in [1.54, 1.807) is 0 Å². The Balaban J connectivity index is 2.19. The maximum atomic E-state index is 5.40. The van der Waals surface area contributed by atoms with Gasteiger partial charge in [0.05, 0.1) is 0 Å². The minimum atomic E-state index is 0.682. The molecule has 1 rings (SSSR count). The van der Waals surface area contributed by atoms with Crippen molar-refractivity contribution in [3.05, 3.63) is 0 Å². The van der Waals surface area contributed by atoms with Gasteiger partial charge in [-0.2, -0.15) is 11.8 Å². The van der Waals surface area contributed by atoms with Crippen molar-refractivity contribution >= 4 is 11.8 Å². The summed E-state index contributed by atoms with van der Waals surface area (Å²) in [6, 6.07) is 0.682. The summed E-state index contributed by atoms with van der Waals surface area (Å²) in [6.07, 6.45) is 5.11. The lowest BCUT2D eigenvalue weighted by Crippen LogP contribution is -2.32. The Bertz CT molecular complexity index is 171. The predicted octanol–water partition coefficient (Wildman–Crippen LogP) is 2.92. The highest BCUT2D eigenvalue weighted by molar-refractivity contribution is 7.99. The second-order valence-corrected chi connectivity index (χ2v) is 6.30. The number of hydrogen-bond donors (Lipinski definition) is 1. The van der Waals surface area contributed by atoms with Gasteiger partial charge in [-0.15, -0.1) is 0 Å². The van der Waals surface area contributed by atoms with E-state index in [0.717, 1.165) is 24.4 Å². The van der Waals surface area contributed by atoms with Gasteiger partial charge in [-0.25, -0.2) is 0 Å². The molecular weight excluding hydrogens is 218 g/mol. The molecule has 0 spiro atoms. The minimum Gasteiger partial charge on any atom is -0.381 e. The van der Waals surface area contributed by atoms with Crippen LogP contribution in [0.3, 0.4) is 0 Å². The zero-order valence-corrected chi connectivity index (χ0v) is 11.8. The molecule has 2 atom stereocenters. The van der Waals surface area contributed by atoms with Gasteiger partial charge >= 0.3 is 0 Å². The van der Waals surface area contributed by atoms with Gasteiger partial charge in [-0.05, 0) is 38.6 Å². The van der Waals surface area contributed by atoms with Gasteiger partial charge in [0.15, 0.2) is 0 Å². The third-order valence-electron chi connectivity index (χ3n) is 3.52. The lowest BCUT2D eigenvalue weighted by atomic mass is 9.93. The summed E-state index contributed by atoms with van der Waals surface area (Å²) in [5, 5.41) is 4.26. The van der Waals surface area contributed by atoms with Crippen molar-refractivity contribution in [1.29, 1.82) is 0 Å². The Morgan fingerprint density at radius 2 is 2.06 bits per heavy atom. The first-order valence-electron chi connectivity index (χ1n) is 6.62. The van der Waals surface area contributed by atoms with E-state index in [-0.39, 0.29) is 0 Å². The van der Waals surface area contributed by atoms with Gasteiger partial charge in [-0.1, -0.05) is 13.8 Å². The normalized spacial score (nSPS) is 21.9. The van der Waals surface area contributed by atoms with Crippen LogP contribution in [-0.4, -0.2) is 37.3 Å². The molecule has 3 heteroatoms. The second-order valence-electron chi connectivity index (χ2n) is 4.83. The molecule has 0 radical (unpaired) electrons. The van der Waals surface area contributed by atoms with E-state index in [0.29, 0.717) is 6.04 Å². The summed E-state index contributed by atoms with van der Waals surface area (Å²) in [4.78, 5) is 0. The van der Waals surface area contributed by atoms with Crippen LogP contribution in [-0.2, 0) is 4.74 Å². The van der Waals surface area contributed by atoms with Crippen molar-refractivity contribution in [1.82, 2.24) is 5.32 Å². The average molecular weight is 245 g/mol. The Hall–Kier alpha value is 0.270. The Kier molecular flexibility index (Phi) is 7.50. The first-order chi connectivity index (χ1) is 7.76.